The smallest absolute Gasteiger partial charge is 0.328 e. The Kier molecular flexibility index (Phi) is 4.74. The van der Waals surface area contributed by atoms with E-state index < -0.39 is 50.8 Å². The maximum atomic E-state index is 13.0. The van der Waals surface area contributed by atoms with Gasteiger partial charge in [0.05, 0.1) is 20.6 Å². The van der Waals surface area contributed by atoms with Crippen molar-refractivity contribution >= 4 is 40.2 Å². The predicted octanol–water partition coefficient (Wildman–Crippen LogP) is 1.56. The van der Waals surface area contributed by atoms with Gasteiger partial charge in [-0.15, -0.1) is 0 Å². The fraction of sp³-hybridized carbons (Fsp3) is 0.368. The molecular weight excluding hydrogens is 434 g/mol. The van der Waals surface area contributed by atoms with Crippen LogP contribution in [0.25, 0.3) is 11.3 Å². The van der Waals surface area contributed by atoms with Crippen LogP contribution in [0.4, 0.5) is 0 Å². The van der Waals surface area contributed by atoms with Crippen molar-refractivity contribution < 1.29 is 28.2 Å². The van der Waals surface area contributed by atoms with E-state index in [4.69, 9.17) is 16.1 Å². The summed E-state index contributed by atoms with van der Waals surface area (Å²) in [6, 6.07) is 4.46. The number of aliphatic carboxylic acids is 1. The summed E-state index contributed by atoms with van der Waals surface area (Å²) in [5.41, 5.74) is 0.807. The number of halogens is 1. The van der Waals surface area contributed by atoms with Gasteiger partial charge in [-0.05, 0) is 26.8 Å². The number of carboxylic acid groups (broad SMARTS) is 1. The Balaban J connectivity index is 1.64. The first-order valence-corrected chi connectivity index (χ1v) is 10.6. The van der Waals surface area contributed by atoms with Crippen molar-refractivity contribution in [3.8, 4) is 11.3 Å². The van der Waals surface area contributed by atoms with E-state index in [1.165, 1.54) is 13.8 Å². The molecular formula is C19H18ClN3O6S. The maximum absolute atomic E-state index is 13.0. The molecule has 4 rings (SSSR count). The molecule has 2 fully saturated rings. The first-order valence-electron chi connectivity index (χ1n) is 9.05. The summed E-state index contributed by atoms with van der Waals surface area (Å²) in [6.07, 6.45) is 0. The zero-order chi connectivity index (χ0) is 22.0. The molecule has 2 N–H and O–H groups in total. The Morgan fingerprint density at radius 1 is 1.33 bits per heavy atom. The molecule has 1 unspecified atom stereocenters. The molecule has 2 aliphatic heterocycles. The zero-order valence-corrected chi connectivity index (χ0v) is 17.8. The number of amides is 2. The third-order valence-electron chi connectivity index (χ3n) is 5.49. The van der Waals surface area contributed by atoms with Crippen molar-refractivity contribution in [1.82, 2.24) is 15.4 Å². The SMILES string of the molecule is Cc1onc(-c2ccccc2Cl)c1C(=O)N[C@@H]1C(=O)N2[C@@H]1S(=O)C(C)(C)[C@@H]2C(=O)O. The lowest BCUT2D eigenvalue weighted by Gasteiger charge is -2.43. The molecule has 1 aromatic carbocycles. The maximum Gasteiger partial charge on any atom is 0.328 e. The van der Waals surface area contributed by atoms with Crippen LogP contribution in [0.1, 0.15) is 30.0 Å². The van der Waals surface area contributed by atoms with Crippen LogP contribution in [-0.2, 0) is 20.4 Å². The molecule has 0 aliphatic carbocycles. The van der Waals surface area contributed by atoms with E-state index in [0.29, 0.717) is 10.6 Å². The van der Waals surface area contributed by atoms with Gasteiger partial charge in [-0.3, -0.25) is 13.8 Å². The summed E-state index contributed by atoms with van der Waals surface area (Å²) < 4.78 is 16.9. The molecule has 0 radical (unpaired) electrons. The molecule has 0 spiro atoms. The second-order valence-electron chi connectivity index (χ2n) is 7.67. The third kappa shape index (κ3) is 2.78. The van der Waals surface area contributed by atoms with Crippen molar-refractivity contribution in [3.05, 3.63) is 40.6 Å². The van der Waals surface area contributed by atoms with Crippen molar-refractivity contribution in [2.45, 2.75) is 43.0 Å². The molecule has 3 heterocycles. The van der Waals surface area contributed by atoms with Gasteiger partial charge in [0.1, 0.15) is 34.5 Å². The minimum absolute atomic E-state index is 0.104. The first-order chi connectivity index (χ1) is 14.1. The number of benzene rings is 1. The highest BCUT2D eigenvalue weighted by atomic mass is 35.5. The number of carbonyl (C=O) groups excluding carboxylic acids is 2. The topological polar surface area (TPSA) is 130 Å². The Hall–Kier alpha value is -2.72. The number of aryl methyl sites for hydroxylation is 1. The van der Waals surface area contributed by atoms with Crippen LogP contribution in [-0.4, -0.2) is 59.4 Å². The van der Waals surface area contributed by atoms with Gasteiger partial charge in [0.25, 0.3) is 5.91 Å². The molecule has 1 aromatic heterocycles. The van der Waals surface area contributed by atoms with Crippen molar-refractivity contribution in [2.75, 3.05) is 0 Å². The number of aromatic nitrogens is 1. The first kappa shape index (κ1) is 20.5. The molecule has 158 valence electrons. The van der Waals surface area contributed by atoms with E-state index in [1.807, 2.05) is 0 Å². The number of nitrogens with one attached hydrogen (secondary N) is 1. The van der Waals surface area contributed by atoms with E-state index in [1.54, 1.807) is 31.2 Å². The van der Waals surface area contributed by atoms with Crippen LogP contribution < -0.4 is 5.32 Å². The van der Waals surface area contributed by atoms with Crippen LogP contribution in [0, 0.1) is 6.92 Å². The highest BCUT2D eigenvalue weighted by Crippen LogP contribution is 2.43. The van der Waals surface area contributed by atoms with Crippen molar-refractivity contribution in [3.63, 3.8) is 0 Å². The van der Waals surface area contributed by atoms with Gasteiger partial charge in [0.2, 0.25) is 5.91 Å². The number of carbonyl (C=O) groups is 3. The number of hydrogen-bond donors (Lipinski definition) is 2. The highest BCUT2D eigenvalue weighted by molar-refractivity contribution is 7.87. The molecule has 2 saturated heterocycles. The van der Waals surface area contributed by atoms with Crippen LogP contribution in [0.3, 0.4) is 0 Å². The molecule has 0 saturated carbocycles. The quantitative estimate of drug-likeness (QED) is 0.674. The second-order valence-corrected chi connectivity index (χ2v) is 10.2. The lowest BCUT2D eigenvalue weighted by atomic mass is 9.95. The average Bonchev–Trinajstić information content (AvgIpc) is 3.14. The molecule has 2 aliphatic rings. The van der Waals surface area contributed by atoms with Crippen LogP contribution in [0.15, 0.2) is 28.8 Å². The van der Waals surface area contributed by atoms with E-state index in [0.717, 1.165) is 4.90 Å². The number of hydrogen-bond acceptors (Lipinski definition) is 6. The van der Waals surface area contributed by atoms with Gasteiger partial charge >= 0.3 is 5.97 Å². The minimum atomic E-state index is -1.69. The summed E-state index contributed by atoms with van der Waals surface area (Å²) in [6.45, 7) is 4.62. The summed E-state index contributed by atoms with van der Waals surface area (Å²) in [4.78, 5) is 38.4. The van der Waals surface area contributed by atoms with E-state index in [9.17, 15) is 23.7 Å². The van der Waals surface area contributed by atoms with Gasteiger partial charge in [0.15, 0.2) is 0 Å². The van der Waals surface area contributed by atoms with Crippen LogP contribution >= 0.6 is 11.6 Å². The third-order valence-corrected chi connectivity index (χ3v) is 8.02. The molecule has 30 heavy (non-hydrogen) atoms. The van der Waals surface area contributed by atoms with E-state index in [-0.39, 0.29) is 17.0 Å². The minimum Gasteiger partial charge on any atom is -0.480 e. The van der Waals surface area contributed by atoms with Gasteiger partial charge in [-0.2, -0.15) is 0 Å². The average molecular weight is 452 g/mol. The van der Waals surface area contributed by atoms with E-state index >= 15 is 0 Å². The second kappa shape index (κ2) is 6.92. The van der Waals surface area contributed by atoms with Crippen molar-refractivity contribution in [2.24, 2.45) is 0 Å². The molecule has 0 bridgehead atoms. The summed E-state index contributed by atoms with van der Waals surface area (Å²) in [5.74, 6) is -2.24. The number of carboxylic acids is 1. The lowest BCUT2D eigenvalue weighted by molar-refractivity contribution is -0.159. The Morgan fingerprint density at radius 3 is 2.63 bits per heavy atom. The number of rotatable bonds is 4. The monoisotopic (exact) mass is 451 g/mol. The molecule has 11 heteroatoms. The highest BCUT2D eigenvalue weighted by Gasteiger charge is 2.68. The van der Waals surface area contributed by atoms with Gasteiger partial charge in [-0.25, -0.2) is 4.79 Å². The Bertz CT molecular complexity index is 1110. The lowest BCUT2D eigenvalue weighted by Crippen LogP contribution is -2.71. The fourth-order valence-corrected chi connectivity index (χ4v) is 6.13. The van der Waals surface area contributed by atoms with Crippen LogP contribution in [0.2, 0.25) is 5.02 Å². The van der Waals surface area contributed by atoms with Gasteiger partial charge < -0.3 is 19.8 Å². The fourth-order valence-electron chi connectivity index (χ4n) is 3.98. The predicted molar refractivity (Wildman–Crippen MR) is 107 cm³/mol. The van der Waals surface area contributed by atoms with Crippen molar-refractivity contribution in [1.29, 1.82) is 0 Å². The summed E-state index contributed by atoms with van der Waals surface area (Å²) in [7, 11) is -1.69. The number of fused-ring (bicyclic) bond motifs is 1. The zero-order valence-electron chi connectivity index (χ0n) is 16.2. The Morgan fingerprint density at radius 2 is 2.00 bits per heavy atom. The number of β-lactam (4-membered cyclic amide) rings is 1. The van der Waals surface area contributed by atoms with Gasteiger partial charge in [0, 0.05) is 5.56 Å². The Labute approximate surface area is 178 Å². The summed E-state index contributed by atoms with van der Waals surface area (Å²) in [5, 5.41) is 15.5. The molecule has 2 aromatic rings. The van der Waals surface area contributed by atoms with E-state index in [2.05, 4.69) is 10.5 Å². The molecule has 9 nitrogen and oxygen atoms in total. The van der Waals surface area contributed by atoms with Crippen LogP contribution in [0.5, 0.6) is 0 Å². The standard InChI is InChI=1S/C19H18ClN3O6S/c1-8-11(12(22-29-8)9-6-4-5-7-10(9)20)15(24)21-13-16(25)23-14(18(26)27)19(2,3)30(28)17(13)23/h4-7,13-14,17H,1-3H3,(H,21,24)(H,26,27)/t13-,14+,17-,30?/m1/s1. The largest absolute Gasteiger partial charge is 0.480 e. The number of nitrogens with zero attached hydrogens (tertiary/aromatic N) is 2. The molecule has 4 atom stereocenters. The molecule has 2 amide bonds. The normalized spacial score (nSPS) is 26.8. The van der Waals surface area contributed by atoms with Gasteiger partial charge in [-0.1, -0.05) is 35.0 Å². The summed E-state index contributed by atoms with van der Waals surface area (Å²) >= 11 is 6.21.